The van der Waals surface area contributed by atoms with Crippen molar-refractivity contribution in [2.75, 3.05) is 5.73 Å². The molecule has 0 aliphatic carbocycles. The number of hydrogen-bond acceptors (Lipinski definition) is 7. The zero-order valence-electron chi connectivity index (χ0n) is 26.4. The maximum absolute atomic E-state index is 14.5. The first-order valence-electron chi connectivity index (χ1n) is 14.4. The van der Waals surface area contributed by atoms with Crippen LogP contribution in [-0.4, -0.2) is 84.3 Å². The first-order valence-corrected chi connectivity index (χ1v) is 14.4. The Labute approximate surface area is 264 Å². The van der Waals surface area contributed by atoms with Crippen LogP contribution in [0.5, 0.6) is 0 Å². The van der Waals surface area contributed by atoms with E-state index in [1.165, 1.54) is 9.08 Å². The molecule has 0 radical (unpaired) electrons. The molecule has 0 unspecified atom stereocenters. The van der Waals surface area contributed by atoms with Crippen LogP contribution in [0.1, 0.15) is 47.2 Å². The first kappa shape index (κ1) is 31.1. The molecule has 1 amide bonds. The summed E-state index contributed by atoms with van der Waals surface area (Å²) in [6.45, 7) is 3.79. The third-order valence-electron chi connectivity index (χ3n) is 7.93. The van der Waals surface area contributed by atoms with E-state index in [1.807, 2.05) is 45.4 Å². The van der Waals surface area contributed by atoms with Crippen LogP contribution in [0.3, 0.4) is 0 Å². The Kier molecular flexibility index (Phi) is 8.55. The normalized spacial score (nSPS) is 13.0. The van der Waals surface area contributed by atoms with E-state index in [0.29, 0.717) is 39.1 Å². The fraction of sp³-hybridized carbons (Fsp3) is 0.138. The summed E-state index contributed by atoms with van der Waals surface area (Å²) in [5.74, 6) is 6.05. The van der Waals surface area contributed by atoms with Crippen LogP contribution in [0.25, 0.3) is 16.6 Å². The number of aromatic nitrogens is 7. The van der Waals surface area contributed by atoms with Crippen LogP contribution >= 0.6 is 0 Å². The van der Waals surface area contributed by atoms with Gasteiger partial charge in [0.1, 0.15) is 0 Å². The standard InChI is InChI=1S/C29H30B5N9O2/c1-14(30)21(31)22(32)23(33)24(34)43-26(15(2)38-28(44)20-25(35)40-42-11-5-10-36-27(20)42)39-18-7-4-6-17(19(18)29(43)45)9-8-16-12-37-41(3)13-16/h4-7,10-13,15,34H,30-33H2,1-3H3,(H2,35,40)(H,38,44)/b21-14-,23-22-/t15-/m1/s1. The van der Waals surface area contributed by atoms with E-state index in [0.717, 1.165) is 21.9 Å². The van der Waals surface area contributed by atoms with Crippen molar-refractivity contribution in [3.05, 3.63) is 104 Å². The predicted octanol–water partition coefficient (Wildman–Crippen LogP) is -2.50. The summed E-state index contributed by atoms with van der Waals surface area (Å²) in [5.41, 5.74) is 12.4. The number of nitrogens with one attached hydrogen (secondary N) is 1. The topological polar surface area (TPSA) is 138 Å². The van der Waals surface area contributed by atoms with E-state index in [4.69, 9.17) is 10.7 Å². The number of allylic oxidation sites excluding steroid dienone is 4. The molecular weight excluding hydrogens is 560 g/mol. The molecule has 4 heterocycles. The summed E-state index contributed by atoms with van der Waals surface area (Å²) in [6, 6.07) is 6.29. The van der Waals surface area contributed by atoms with Crippen LogP contribution in [-0.2, 0) is 7.05 Å². The van der Waals surface area contributed by atoms with Gasteiger partial charge < -0.3 is 0 Å². The molecule has 3 N–H and O–H groups in total. The van der Waals surface area contributed by atoms with Gasteiger partial charge in [-0.05, 0) is 0 Å². The molecule has 0 saturated carbocycles. The van der Waals surface area contributed by atoms with E-state index >= 15 is 0 Å². The Morgan fingerprint density at radius 1 is 1.11 bits per heavy atom. The van der Waals surface area contributed by atoms with Gasteiger partial charge in [0.05, 0.1) is 0 Å². The van der Waals surface area contributed by atoms with Crippen molar-refractivity contribution in [2.45, 2.75) is 19.9 Å². The number of carbonyl (C=O) groups excluding carboxylic acids is 1. The molecule has 1 atom stereocenters. The van der Waals surface area contributed by atoms with Gasteiger partial charge >= 0.3 is 265 Å². The zero-order valence-corrected chi connectivity index (χ0v) is 26.4. The summed E-state index contributed by atoms with van der Waals surface area (Å²) in [6.07, 6.45) is 6.68. The fourth-order valence-corrected chi connectivity index (χ4v) is 5.02. The molecule has 0 bridgehead atoms. The van der Waals surface area contributed by atoms with Gasteiger partial charge in [-0.25, -0.2) is 0 Å². The Morgan fingerprint density at radius 2 is 1.87 bits per heavy atom. The van der Waals surface area contributed by atoms with Gasteiger partial charge in [0.2, 0.25) is 0 Å². The molecule has 218 valence electrons. The van der Waals surface area contributed by atoms with E-state index in [2.05, 4.69) is 39.8 Å². The Hall–Kier alpha value is -5.31. The number of benzene rings is 1. The van der Waals surface area contributed by atoms with Gasteiger partial charge in [-0.3, -0.25) is 0 Å². The van der Waals surface area contributed by atoms with Gasteiger partial charge in [-0.2, -0.15) is 0 Å². The van der Waals surface area contributed by atoms with Gasteiger partial charge in [-0.1, -0.05) is 0 Å². The minimum atomic E-state index is -0.743. The molecule has 0 aliphatic rings. The number of anilines is 1. The van der Waals surface area contributed by atoms with Crippen molar-refractivity contribution < 1.29 is 4.79 Å². The van der Waals surface area contributed by atoms with E-state index < -0.39 is 11.9 Å². The van der Waals surface area contributed by atoms with Crippen molar-refractivity contribution in [1.29, 1.82) is 0 Å². The summed E-state index contributed by atoms with van der Waals surface area (Å²) in [7, 11) is 14.2. The van der Waals surface area contributed by atoms with Crippen molar-refractivity contribution in [3.8, 4) is 11.8 Å². The number of fused-ring (bicyclic) bond motifs is 2. The predicted molar refractivity (Wildman–Crippen MR) is 190 cm³/mol. The van der Waals surface area contributed by atoms with Crippen LogP contribution in [0.15, 0.2) is 75.7 Å². The third-order valence-corrected chi connectivity index (χ3v) is 7.93. The van der Waals surface area contributed by atoms with E-state index in [1.54, 1.807) is 60.7 Å². The molecule has 45 heavy (non-hydrogen) atoms. The summed E-state index contributed by atoms with van der Waals surface area (Å²) >= 11 is 0. The molecular formula is C29H30B5N9O2. The second-order valence-electron chi connectivity index (χ2n) is 11.1. The molecule has 5 aromatic rings. The molecule has 0 spiro atoms. The van der Waals surface area contributed by atoms with Gasteiger partial charge in [-0.15, -0.1) is 0 Å². The number of hydrogen-bond donors (Lipinski definition) is 2. The SMILES string of the molecule is B=C(/C(B)=C(B)\C(B)=C(\B)C)n1c([C@@H](C)NC(=O)c2c(N)nn3cccnc23)nc2cccc(C#Cc3cnn(C)c3)c2c1=O. The number of nitrogen functional groups attached to an aromatic ring is 1. The molecule has 4 aromatic heterocycles. The van der Waals surface area contributed by atoms with Crippen molar-refractivity contribution in [2.24, 2.45) is 7.05 Å². The van der Waals surface area contributed by atoms with Crippen LogP contribution < -0.4 is 16.6 Å². The Bertz CT molecular complexity index is 2220. The zero-order chi connectivity index (χ0) is 32.6. The number of rotatable bonds is 6. The van der Waals surface area contributed by atoms with Crippen molar-refractivity contribution >= 4 is 72.7 Å². The van der Waals surface area contributed by atoms with Gasteiger partial charge in [0.25, 0.3) is 0 Å². The second kappa shape index (κ2) is 12.4. The minimum absolute atomic E-state index is 0.0371. The second-order valence-corrected chi connectivity index (χ2v) is 11.1. The molecule has 5 rings (SSSR count). The third kappa shape index (κ3) is 5.94. The van der Waals surface area contributed by atoms with E-state index in [9.17, 15) is 9.59 Å². The number of amides is 1. The van der Waals surface area contributed by atoms with Crippen LogP contribution in [0, 0.1) is 11.8 Å². The molecule has 1 aromatic carbocycles. The molecule has 16 heteroatoms. The first-order chi connectivity index (χ1) is 21.4. The maximum atomic E-state index is 14.5. The molecule has 0 fully saturated rings. The van der Waals surface area contributed by atoms with Crippen molar-refractivity contribution in [1.82, 2.24) is 39.2 Å². The van der Waals surface area contributed by atoms with Crippen LogP contribution in [0.4, 0.5) is 5.82 Å². The average molecular weight is 591 g/mol. The average Bonchev–Trinajstić information content (AvgIpc) is 3.59. The number of aryl methyl sites for hydroxylation is 1. The molecule has 0 aliphatic heterocycles. The Morgan fingerprint density at radius 3 is 2.56 bits per heavy atom. The Balaban J connectivity index is 1.69. The quantitative estimate of drug-likeness (QED) is 0.127. The van der Waals surface area contributed by atoms with E-state index in [-0.39, 0.29) is 16.9 Å². The molecule has 0 saturated heterocycles. The summed E-state index contributed by atoms with van der Waals surface area (Å²) in [4.78, 5) is 37.3. The monoisotopic (exact) mass is 591 g/mol. The summed E-state index contributed by atoms with van der Waals surface area (Å²) in [5, 5.41) is 11.7. The number of carbonyl (C=O) groups is 1. The van der Waals surface area contributed by atoms with Crippen molar-refractivity contribution in [3.63, 3.8) is 0 Å². The van der Waals surface area contributed by atoms with Crippen LogP contribution in [0.2, 0.25) is 0 Å². The molecule has 11 nitrogen and oxygen atoms in total. The summed E-state index contributed by atoms with van der Waals surface area (Å²) < 4.78 is 4.57. The number of nitrogens with two attached hydrogens (primary N) is 1. The van der Waals surface area contributed by atoms with Gasteiger partial charge in [0.15, 0.2) is 0 Å². The van der Waals surface area contributed by atoms with Gasteiger partial charge in [0, 0.05) is 0 Å². The number of nitrogens with zero attached hydrogens (tertiary/aromatic N) is 7. The fourth-order valence-electron chi connectivity index (χ4n) is 5.02.